The predicted octanol–water partition coefficient (Wildman–Crippen LogP) is 2.68. The van der Waals surface area contributed by atoms with Crippen molar-refractivity contribution in [2.45, 2.75) is 26.8 Å². The normalized spacial score (nSPS) is 11.5. The third kappa shape index (κ3) is 4.23. The van der Waals surface area contributed by atoms with Gasteiger partial charge in [-0.3, -0.25) is 9.59 Å². The van der Waals surface area contributed by atoms with Gasteiger partial charge in [-0.1, -0.05) is 26.0 Å². The van der Waals surface area contributed by atoms with Crippen molar-refractivity contribution in [3.63, 3.8) is 0 Å². The van der Waals surface area contributed by atoms with Crippen LogP contribution in [0.5, 0.6) is 0 Å². The number of hydrogen-bond acceptors (Lipinski definition) is 4. The lowest BCUT2D eigenvalue weighted by molar-refractivity contribution is -0.130. The van der Waals surface area contributed by atoms with Crippen molar-refractivity contribution in [3.8, 4) is 16.8 Å². The summed E-state index contributed by atoms with van der Waals surface area (Å²) in [6.45, 7) is 3.52. The molecule has 1 aromatic carbocycles. The number of aliphatic hydroxyl groups is 1. The molecule has 0 unspecified atom stereocenters. The number of carbonyl (C=O) groups excluding carboxylic acids is 1. The van der Waals surface area contributed by atoms with Crippen molar-refractivity contribution in [3.05, 3.63) is 71.4 Å². The maximum absolute atomic E-state index is 12.4. The Kier molecular flexibility index (Phi) is 5.37. The Bertz CT molecular complexity index is 971. The van der Waals surface area contributed by atoms with E-state index in [-0.39, 0.29) is 11.3 Å². The van der Waals surface area contributed by atoms with Gasteiger partial charge in [0.1, 0.15) is 6.61 Å². The molecular weight excluding hydrogens is 342 g/mol. The maximum atomic E-state index is 12.4. The zero-order valence-corrected chi connectivity index (χ0v) is 15.5. The van der Waals surface area contributed by atoms with Crippen molar-refractivity contribution >= 4 is 5.78 Å². The Morgan fingerprint density at radius 1 is 1.11 bits per heavy atom. The van der Waals surface area contributed by atoms with Crippen LogP contribution in [0.15, 0.2) is 65.8 Å². The van der Waals surface area contributed by atoms with Gasteiger partial charge in [0, 0.05) is 36.6 Å². The second-order valence-corrected chi connectivity index (χ2v) is 7.16. The highest BCUT2D eigenvalue weighted by Crippen LogP contribution is 2.23. The van der Waals surface area contributed by atoms with Crippen LogP contribution in [0, 0.1) is 5.41 Å². The van der Waals surface area contributed by atoms with Crippen LogP contribution < -0.4 is 5.56 Å². The molecule has 27 heavy (non-hydrogen) atoms. The molecule has 3 rings (SSSR count). The van der Waals surface area contributed by atoms with Crippen LogP contribution in [0.3, 0.4) is 0 Å². The minimum Gasteiger partial charge on any atom is -0.389 e. The van der Waals surface area contributed by atoms with Crippen molar-refractivity contribution in [1.82, 2.24) is 14.3 Å². The smallest absolute Gasteiger partial charge is 0.251 e. The molecule has 3 aromatic rings. The van der Waals surface area contributed by atoms with E-state index in [1.165, 1.54) is 0 Å². The lowest BCUT2D eigenvalue weighted by Crippen LogP contribution is -2.30. The Labute approximate surface area is 157 Å². The monoisotopic (exact) mass is 365 g/mol. The van der Waals surface area contributed by atoms with Gasteiger partial charge in [0.15, 0.2) is 5.78 Å². The Morgan fingerprint density at radius 2 is 1.85 bits per heavy atom. The zero-order valence-electron chi connectivity index (χ0n) is 15.5. The number of hydrogen-bond donors (Lipinski definition) is 1. The molecule has 0 aliphatic rings. The number of rotatable bonds is 7. The number of aryl methyl sites for hydroxylation is 1. The highest BCUT2D eigenvalue weighted by molar-refractivity contribution is 5.84. The highest BCUT2D eigenvalue weighted by Gasteiger charge is 2.26. The summed E-state index contributed by atoms with van der Waals surface area (Å²) in [4.78, 5) is 24.2. The number of Topliss-reactive ketones (excluding diaryl/α,β-unsaturated/α-hetero) is 1. The van der Waals surface area contributed by atoms with Gasteiger partial charge in [0.05, 0.1) is 5.69 Å². The van der Waals surface area contributed by atoms with E-state index in [0.717, 1.165) is 16.8 Å². The summed E-state index contributed by atoms with van der Waals surface area (Å²) < 4.78 is 3.37. The van der Waals surface area contributed by atoms with Crippen molar-refractivity contribution in [2.75, 3.05) is 6.61 Å². The highest BCUT2D eigenvalue weighted by atomic mass is 16.3. The summed E-state index contributed by atoms with van der Waals surface area (Å²) in [6.07, 6.45) is 5.84. The van der Waals surface area contributed by atoms with Gasteiger partial charge in [0.25, 0.3) is 5.56 Å². The van der Waals surface area contributed by atoms with Crippen molar-refractivity contribution in [1.29, 1.82) is 0 Å². The van der Waals surface area contributed by atoms with Gasteiger partial charge >= 0.3 is 0 Å². The average Bonchev–Trinajstić information content (AvgIpc) is 3.21. The van der Waals surface area contributed by atoms with Gasteiger partial charge in [-0.05, 0) is 41.8 Å². The molecule has 0 spiro atoms. The summed E-state index contributed by atoms with van der Waals surface area (Å²) >= 11 is 0. The van der Waals surface area contributed by atoms with Crippen LogP contribution in [0.1, 0.15) is 20.3 Å². The minimum atomic E-state index is -0.658. The van der Waals surface area contributed by atoms with E-state index in [1.54, 1.807) is 41.6 Å². The van der Waals surface area contributed by atoms with E-state index in [0.29, 0.717) is 13.0 Å². The van der Waals surface area contributed by atoms with Crippen LogP contribution in [0.2, 0.25) is 0 Å². The number of nitrogens with zero attached hydrogens (tertiary/aromatic N) is 3. The minimum absolute atomic E-state index is 0.115. The topological polar surface area (TPSA) is 77.1 Å². The van der Waals surface area contributed by atoms with Crippen LogP contribution in [-0.4, -0.2) is 31.8 Å². The summed E-state index contributed by atoms with van der Waals surface area (Å²) in [7, 11) is 0. The first-order chi connectivity index (χ1) is 12.9. The molecule has 0 bridgehead atoms. The van der Waals surface area contributed by atoms with E-state index in [1.807, 2.05) is 42.6 Å². The van der Waals surface area contributed by atoms with E-state index in [2.05, 4.69) is 5.10 Å². The van der Waals surface area contributed by atoms with E-state index < -0.39 is 12.0 Å². The number of aromatic nitrogens is 3. The molecule has 0 fully saturated rings. The molecule has 6 heteroatoms. The van der Waals surface area contributed by atoms with Crippen molar-refractivity contribution < 1.29 is 9.90 Å². The molecule has 0 saturated carbocycles. The van der Waals surface area contributed by atoms with Crippen LogP contribution >= 0.6 is 0 Å². The lowest BCUT2D eigenvalue weighted by Gasteiger charge is -2.22. The molecule has 6 nitrogen and oxygen atoms in total. The molecule has 140 valence electrons. The third-order valence-corrected chi connectivity index (χ3v) is 4.84. The quantitative estimate of drug-likeness (QED) is 0.698. The van der Waals surface area contributed by atoms with E-state index in [4.69, 9.17) is 5.11 Å². The van der Waals surface area contributed by atoms with E-state index in [9.17, 15) is 9.59 Å². The largest absolute Gasteiger partial charge is 0.389 e. The molecule has 0 saturated heterocycles. The van der Waals surface area contributed by atoms with Crippen LogP contribution in [-0.2, 0) is 11.3 Å². The van der Waals surface area contributed by atoms with Gasteiger partial charge in [-0.15, -0.1) is 0 Å². The van der Waals surface area contributed by atoms with Crippen LogP contribution in [0.4, 0.5) is 0 Å². The number of pyridine rings is 1. The molecule has 0 atom stereocenters. The van der Waals surface area contributed by atoms with Crippen molar-refractivity contribution in [2.24, 2.45) is 5.41 Å². The first kappa shape index (κ1) is 18.8. The standard InChI is InChI=1S/C21H23N3O3/c1-21(2,19(26)15-25)9-13-23-12-8-17(14-20(23)27)16-4-6-18(7-5-16)24-11-3-10-22-24/h3-8,10-12,14,25H,9,13,15H2,1-2H3. The molecule has 0 radical (unpaired) electrons. The summed E-state index contributed by atoms with van der Waals surface area (Å²) in [5.41, 5.74) is 1.97. The third-order valence-electron chi connectivity index (χ3n) is 4.84. The number of carbonyl (C=O) groups is 1. The molecule has 0 aliphatic carbocycles. The molecular formula is C21H23N3O3. The van der Waals surface area contributed by atoms with Gasteiger partial charge < -0.3 is 9.67 Å². The lowest BCUT2D eigenvalue weighted by atomic mass is 9.85. The molecule has 0 amide bonds. The Hall–Kier alpha value is -2.99. The average molecular weight is 365 g/mol. The summed E-state index contributed by atoms with van der Waals surface area (Å²) in [5, 5.41) is 13.2. The summed E-state index contributed by atoms with van der Waals surface area (Å²) in [5.74, 6) is -0.218. The molecule has 0 aliphatic heterocycles. The zero-order chi connectivity index (χ0) is 19.4. The number of benzene rings is 1. The fraction of sp³-hybridized carbons (Fsp3) is 0.286. The van der Waals surface area contributed by atoms with Gasteiger partial charge in [-0.2, -0.15) is 5.10 Å². The second-order valence-electron chi connectivity index (χ2n) is 7.16. The molecule has 1 N–H and O–H groups in total. The van der Waals surface area contributed by atoms with Gasteiger partial charge in [0.2, 0.25) is 0 Å². The predicted molar refractivity (Wildman–Crippen MR) is 104 cm³/mol. The number of aliphatic hydroxyl groups excluding tert-OH is 1. The summed E-state index contributed by atoms with van der Waals surface area (Å²) in [6, 6.07) is 13.2. The molecule has 2 heterocycles. The Morgan fingerprint density at radius 3 is 2.44 bits per heavy atom. The Balaban J connectivity index is 1.75. The fourth-order valence-corrected chi connectivity index (χ4v) is 2.85. The molecule has 2 aromatic heterocycles. The SMILES string of the molecule is CC(C)(CCn1ccc(-c2ccc(-n3cccn3)cc2)cc1=O)C(=O)CO. The maximum Gasteiger partial charge on any atom is 0.251 e. The fourth-order valence-electron chi connectivity index (χ4n) is 2.85. The van der Waals surface area contributed by atoms with Gasteiger partial charge in [-0.25, -0.2) is 4.68 Å². The van der Waals surface area contributed by atoms with E-state index >= 15 is 0 Å². The van der Waals surface area contributed by atoms with Crippen LogP contribution in [0.25, 0.3) is 16.8 Å². The first-order valence-corrected chi connectivity index (χ1v) is 8.86. The first-order valence-electron chi connectivity index (χ1n) is 8.86. The second kappa shape index (κ2) is 7.72. The number of ketones is 1.